The monoisotopic (exact) mass is 385 g/mol. The summed E-state index contributed by atoms with van der Waals surface area (Å²) in [5.41, 5.74) is 3.76. The Hall–Kier alpha value is -2.71. The summed E-state index contributed by atoms with van der Waals surface area (Å²) in [6.45, 7) is 4.16. The lowest BCUT2D eigenvalue weighted by Crippen LogP contribution is -2.40. The van der Waals surface area contributed by atoms with Crippen LogP contribution in [0.15, 0.2) is 29.1 Å². The number of anilines is 1. The predicted octanol–water partition coefficient (Wildman–Crippen LogP) is 2.04. The second kappa shape index (κ2) is 7.73. The Balaban J connectivity index is 1.32. The van der Waals surface area contributed by atoms with Crippen molar-refractivity contribution in [1.82, 2.24) is 10.1 Å². The lowest BCUT2D eigenvalue weighted by Gasteiger charge is -2.32. The number of hydrogen-bond acceptors (Lipinski definition) is 7. The molecule has 2 aliphatic rings. The first-order chi connectivity index (χ1) is 13.5. The van der Waals surface area contributed by atoms with Crippen LogP contribution >= 0.6 is 0 Å². The minimum Gasteiger partial charge on any atom is -0.457 e. The Kier molecular flexibility index (Phi) is 5.15. The van der Waals surface area contributed by atoms with Gasteiger partial charge in [-0.25, -0.2) is 4.79 Å². The molecule has 1 atom stereocenters. The van der Waals surface area contributed by atoms with Crippen molar-refractivity contribution in [3.63, 3.8) is 0 Å². The number of aliphatic hydroxyl groups is 1. The quantitative estimate of drug-likeness (QED) is 0.759. The average molecular weight is 385 g/mol. The van der Waals surface area contributed by atoms with E-state index in [1.807, 2.05) is 13.0 Å². The number of amides is 1. The molecule has 2 aromatic rings. The highest BCUT2D eigenvalue weighted by atomic mass is 16.5. The van der Waals surface area contributed by atoms with Crippen LogP contribution < -0.4 is 5.32 Å². The van der Waals surface area contributed by atoms with Crippen LogP contribution in [0.3, 0.4) is 0 Å². The average Bonchev–Trinajstić information content (AvgIpc) is 3.33. The van der Waals surface area contributed by atoms with Gasteiger partial charge in [-0.15, -0.1) is 0 Å². The summed E-state index contributed by atoms with van der Waals surface area (Å²) in [6, 6.07) is 3.54. The van der Waals surface area contributed by atoms with E-state index in [2.05, 4.69) is 15.4 Å². The summed E-state index contributed by atoms with van der Waals surface area (Å²) in [6.07, 6.45) is 3.69. The highest BCUT2D eigenvalue weighted by Crippen LogP contribution is 2.30. The first kappa shape index (κ1) is 18.6. The molecule has 0 radical (unpaired) electrons. The van der Waals surface area contributed by atoms with Crippen LogP contribution in [-0.4, -0.2) is 46.7 Å². The van der Waals surface area contributed by atoms with Gasteiger partial charge in [-0.1, -0.05) is 11.2 Å². The summed E-state index contributed by atoms with van der Waals surface area (Å²) in [4.78, 5) is 26.1. The maximum absolute atomic E-state index is 12.3. The van der Waals surface area contributed by atoms with Crippen LogP contribution in [0.1, 0.15) is 46.0 Å². The van der Waals surface area contributed by atoms with Gasteiger partial charge in [0.05, 0.1) is 17.9 Å². The Bertz CT molecular complexity index is 872. The van der Waals surface area contributed by atoms with Gasteiger partial charge >= 0.3 is 5.97 Å². The number of aromatic nitrogens is 1. The normalized spacial score (nSPS) is 18.6. The number of carbonyl (C=O) groups excluding carboxylic acids is 2. The van der Waals surface area contributed by atoms with Crippen LogP contribution in [-0.2, 0) is 16.1 Å². The third kappa shape index (κ3) is 3.65. The molecule has 1 aromatic carbocycles. The van der Waals surface area contributed by atoms with Gasteiger partial charge in [-0.3, -0.25) is 4.79 Å². The van der Waals surface area contributed by atoms with Crippen molar-refractivity contribution in [3.05, 3.63) is 46.8 Å². The summed E-state index contributed by atoms with van der Waals surface area (Å²) in [5, 5.41) is 17.1. The molecular weight excluding hydrogens is 362 g/mol. The van der Waals surface area contributed by atoms with E-state index in [-0.39, 0.29) is 24.4 Å². The van der Waals surface area contributed by atoms with E-state index < -0.39 is 6.10 Å². The molecule has 1 aromatic heterocycles. The summed E-state index contributed by atoms with van der Waals surface area (Å²) in [7, 11) is 0. The first-order valence-electron chi connectivity index (χ1n) is 9.43. The van der Waals surface area contributed by atoms with Crippen LogP contribution in [0.4, 0.5) is 5.69 Å². The van der Waals surface area contributed by atoms with Crippen molar-refractivity contribution in [1.29, 1.82) is 0 Å². The summed E-state index contributed by atoms with van der Waals surface area (Å²) < 4.78 is 9.80. The zero-order valence-corrected chi connectivity index (χ0v) is 15.7. The maximum atomic E-state index is 12.3. The van der Waals surface area contributed by atoms with E-state index in [0.717, 1.165) is 42.6 Å². The Labute approximate surface area is 162 Å². The molecule has 2 N–H and O–H groups in total. The van der Waals surface area contributed by atoms with E-state index >= 15 is 0 Å². The highest BCUT2D eigenvalue weighted by Gasteiger charge is 2.29. The fourth-order valence-corrected chi connectivity index (χ4v) is 3.96. The molecule has 8 nitrogen and oxygen atoms in total. The SMILES string of the molecule is Cc1c(C(O)CN2CCC(C(=O)Nc3cnoc3)CC2)ccc2c1COC2=O. The molecule has 2 aliphatic heterocycles. The molecule has 1 unspecified atom stereocenters. The van der Waals surface area contributed by atoms with Gasteiger partial charge in [-0.05, 0) is 50.0 Å². The third-order valence-corrected chi connectivity index (χ3v) is 5.66. The molecule has 0 aliphatic carbocycles. The van der Waals surface area contributed by atoms with Gasteiger partial charge in [0.15, 0.2) is 0 Å². The molecule has 148 valence electrons. The van der Waals surface area contributed by atoms with E-state index in [4.69, 9.17) is 9.26 Å². The van der Waals surface area contributed by atoms with Crippen LogP contribution in [0, 0.1) is 12.8 Å². The number of aliphatic hydroxyl groups excluding tert-OH is 1. The number of hydrogen-bond donors (Lipinski definition) is 2. The van der Waals surface area contributed by atoms with Gasteiger partial charge in [0.1, 0.15) is 18.6 Å². The topological polar surface area (TPSA) is 105 Å². The molecule has 0 spiro atoms. The number of esters is 1. The Morgan fingerprint density at radius 3 is 2.89 bits per heavy atom. The number of nitrogens with zero attached hydrogens (tertiary/aromatic N) is 2. The number of likely N-dealkylation sites (tertiary alicyclic amines) is 1. The number of fused-ring (bicyclic) bond motifs is 1. The largest absolute Gasteiger partial charge is 0.457 e. The standard InChI is InChI=1S/C20H23N3O5/c1-12-15(2-3-16-17(12)11-27-20(16)26)18(24)9-23-6-4-13(5-7-23)19(25)22-14-8-21-28-10-14/h2-3,8,10,13,18,24H,4-7,9,11H2,1H3,(H,22,25). The number of ether oxygens (including phenoxy) is 1. The van der Waals surface area contributed by atoms with E-state index in [1.165, 1.54) is 12.5 Å². The van der Waals surface area contributed by atoms with Gasteiger partial charge < -0.3 is 24.6 Å². The number of nitrogens with one attached hydrogen (secondary N) is 1. The van der Waals surface area contributed by atoms with Crippen LogP contribution in [0.5, 0.6) is 0 Å². The van der Waals surface area contributed by atoms with E-state index in [1.54, 1.807) is 6.07 Å². The van der Waals surface area contributed by atoms with E-state index in [0.29, 0.717) is 17.8 Å². The molecule has 0 bridgehead atoms. The molecule has 3 heterocycles. The molecular formula is C20H23N3O5. The highest BCUT2D eigenvalue weighted by molar-refractivity contribution is 5.94. The number of carbonyl (C=O) groups is 2. The number of piperidine rings is 1. The second-order valence-corrected chi connectivity index (χ2v) is 7.38. The molecule has 1 saturated heterocycles. The fraction of sp³-hybridized carbons (Fsp3) is 0.450. The molecule has 1 fully saturated rings. The molecule has 28 heavy (non-hydrogen) atoms. The van der Waals surface area contributed by atoms with Crippen molar-refractivity contribution >= 4 is 17.6 Å². The Morgan fingerprint density at radius 2 is 2.18 bits per heavy atom. The zero-order chi connectivity index (χ0) is 19.7. The summed E-state index contributed by atoms with van der Waals surface area (Å²) >= 11 is 0. The third-order valence-electron chi connectivity index (χ3n) is 5.66. The van der Waals surface area contributed by atoms with Crippen molar-refractivity contribution in [3.8, 4) is 0 Å². The van der Waals surface area contributed by atoms with Crippen molar-refractivity contribution in [2.24, 2.45) is 5.92 Å². The molecule has 0 saturated carbocycles. The van der Waals surface area contributed by atoms with Gasteiger partial charge in [0.2, 0.25) is 5.91 Å². The molecule has 4 rings (SSSR count). The second-order valence-electron chi connectivity index (χ2n) is 7.38. The molecule has 1 amide bonds. The van der Waals surface area contributed by atoms with Gasteiger partial charge in [0, 0.05) is 18.0 Å². The van der Waals surface area contributed by atoms with Crippen molar-refractivity contribution < 1.29 is 24.0 Å². The minimum atomic E-state index is -0.650. The first-order valence-corrected chi connectivity index (χ1v) is 9.43. The number of cyclic esters (lactones) is 1. The van der Waals surface area contributed by atoms with Gasteiger partial charge in [-0.2, -0.15) is 0 Å². The van der Waals surface area contributed by atoms with Gasteiger partial charge in [0.25, 0.3) is 0 Å². The lowest BCUT2D eigenvalue weighted by molar-refractivity contribution is -0.121. The maximum Gasteiger partial charge on any atom is 0.338 e. The van der Waals surface area contributed by atoms with Crippen molar-refractivity contribution in [2.75, 3.05) is 25.0 Å². The lowest BCUT2D eigenvalue weighted by atomic mass is 9.93. The number of β-amino-alcohol motifs (C(OH)–C–C–N with tert-alkyl or cyclic N) is 1. The number of rotatable bonds is 5. The summed E-state index contributed by atoms with van der Waals surface area (Å²) in [5.74, 6) is -0.388. The zero-order valence-electron chi connectivity index (χ0n) is 15.7. The predicted molar refractivity (Wildman–Crippen MR) is 99.6 cm³/mol. The van der Waals surface area contributed by atoms with Crippen LogP contribution in [0.2, 0.25) is 0 Å². The fourth-order valence-electron chi connectivity index (χ4n) is 3.96. The Morgan fingerprint density at radius 1 is 1.39 bits per heavy atom. The van der Waals surface area contributed by atoms with Crippen LogP contribution in [0.25, 0.3) is 0 Å². The number of benzene rings is 1. The van der Waals surface area contributed by atoms with E-state index in [9.17, 15) is 14.7 Å². The molecule has 8 heteroatoms. The van der Waals surface area contributed by atoms with Crippen molar-refractivity contribution in [2.45, 2.75) is 32.5 Å². The smallest absolute Gasteiger partial charge is 0.338 e. The minimum absolute atomic E-state index is 0.0254.